The number of carbonyl (C=O) groups is 2. The van der Waals surface area contributed by atoms with Crippen LogP contribution in [0.5, 0.6) is 0 Å². The molecule has 7 atom stereocenters. The summed E-state index contributed by atoms with van der Waals surface area (Å²) >= 11 is 0. The van der Waals surface area contributed by atoms with Gasteiger partial charge in [0.15, 0.2) is 0 Å². The van der Waals surface area contributed by atoms with Crippen LogP contribution in [0.1, 0.15) is 56.8 Å². The normalized spacial score (nSPS) is 26.7. The monoisotopic (exact) mass is 690 g/mol. The maximum absolute atomic E-state index is 14.1. The number of quaternary nitrogens is 1. The zero-order valence-corrected chi connectivity index (χ0v) is 30.2. The molecule has 0 aliphatic carbocycles. The quantitative estimate of drug-likeness (QED) is 0.193. The van der Waals surface area contributed by atoms with E-state index in [-0.39, 0.29) is 48.3 Å². The van der Waals surface area contributed by atoms with Gasteiger partial charge in [-0.2, -0.15) is 0 Å². The van der Waals surface area contributed by atoms with E-state index >= 15 is 0 Å². The fourth-order valence-corrected chi connectivity index (χ4v) is 10.3. The first-order valence-electron chi connectivity index (χ1n) is 18.8. The maximum Gasteiger partial charge on any atom is 0.311 e. The molecule has 2 saturated heterocycles. The number of hydrogen-bond donors (Lipinski definition) is 3. The van der Waals surface area contributed by atoms with Gasteiger partial charge in [-0.05, 0) is 72.3 Å². The summed E-state index contributed by atoms with van der Waals surface area (Å²) in [6, 6.07) is 17.1. The minimum Gasteiger partial charge on any atom is -0.652 e. The van der Waals surface area contributed by atoms with Crippen molar-refractivity contribution in [2.24, 2.45) is 29.6 Å². The van der Waals surface area contributed by atoms with Crippen LogP contribution < -0.4 is 20.5 Å². The third kappa shape index (κ3) is 5.65. The van der Waals surface area contributed by atoms with Crippen molar-refractivity contribution in [3.63, 3.8) is 0 Å². The van der Waals surface area contributed by atoms with Crippen molar-refractivity contribution in [1.82, 2.24) is 14.9 Å². The van der Waals surface area contributed by atoms with E-state index in [1.807, 2.05) is 6.07 Å². The number of aliphatic hydroxyl groups is 1. The Morgan fingerprint density at radius 2 is 1.82 bits per heavy atom. The highest BCUT2D eigenvalue weighted by Gasteiger charge is 2.45. The third-order valence-corrected chi connectivity index (χ3v) is 12.9. The molecule has 0 spiro atoms. The van der Waals surface area contributed by atoms with E-state index in [9.17, 15) is 14.7 Å². The number of nitrogens with one attached hydrogen (secondary N) is 2. The summed E-state index contributed by atoms with van der Waals surface area (Å²) in [5.41, 5.74) is 8.61. The molecule has 2 aromatic carbocycles. The van der Waals surface area contributed by atoms with Crippen molar-refractivity contribution in [2.75, 3.05) is 47.0 Å². The highest BCUT2D eigenvalue weighted by Crippen LogP contribution is 2.46. The van der Waals surface area contributed by atoms with E-state index < -0.39 is 5.92 Å². The molecule has 6 heterocycles. The molecule has 0 bridgehead atoms. The van der Waals surface area contributed by atoms with E-state index in [0.717, 1.165) is 66.9 Å². The van der Waals surface area contributed by atoms with Crippen LogP contribution in [0.25, 0.3) is 33.1 Å². The Morgan fingerprint density at radius 1 is 1.08 bits per heavy atom. The van der Waals surface area contributed by atoms with Crippen molar-refractivity contribution in [1.29, 1.82) is 0 Å². The Bertz CT molecular complexity index is 2140. The van der Waals surface area contributed by atoms with Gasteiger partial charge in [-0.15, -0.1) is 5.52 Å². The van der Waals surface area contributed by atoms with Crippen LogP contribution in [0.4, 0.5) is 0 Å². The number of hydrogen-bond acceptors (Lipinski definition) is 6. The van der Waals surface area contributed by atoms with Gasteiger partial charge in [0, 0.05) is 42.0 Å². The fraction of sp³-hybridized carbons (Fsp3) is 0.476. The standard InChI is InChI=1S/C42H49N4O5/c1-5-24-20-45-16-15-28-27-11-7-9-13-34(27)43-39(28)36(45)18-30(24)32(41(48)50-3)17-26-22-46-21-25(6-2)31(33(23-47)42(49)51-4)19-37(46)40-38(26)29-12-8-10-14-35(29)44-40/h5,7-14,25,30-33,36,43,47H,6,15-23H2,1-4H3/q-1/p+1. The number of aliphatic hydroxyl groups excluding tert-OH is 1. The number of rotatable bonds is 8. The summed E-state index contributed by atoms with van der Waals surface area (Å²) < 4.78 is 10.8. The molecular weight excluding hydrogens is 640 g/mol. The number of benzene rings is 2. The Morgan fingerprint density at radius 3 is 2.57 bits per heavy atom. The molecule has 8 rings (SSSR count). The molecule has 0 amide bonds. The Hall–Kier alpha value is -4.18. The third-order valence-electron chi connectivity index (χ3n) is 12.9. The van der Waals surface area contributed by atoms with Gasteiger partial charge in [-0.25, -0.2) is 0 Å². The first kappa shape index (κ1) is 33.9. The molecule has 0 radical (unpaired) electrons. The summed E-state index contributed by atoms with van der Waals surface area (Å²) in [7, 11) is 2.93. The lowest BCUT2D eigenvalue weighted by molar-refractivity contribution is -0.831. The molecule has 9 heteroatoms. The Labute approximate surface area is 299 Å². The second-order valence-electron chi connectivity index (χ2n) is 15.1. The zero-order chi connectivity index (χ0) is 35.4. The highest BCUT2D eigenvalue weighted by atomic mass is 16.5. The number of aromatic amines is 1. The molecule has 2 aromatic heterocycles. The van der Waals surface area contributed by atoms with E-state index in [1.54, 1.807) is 0 Å². The number of piperidine rings is 2. The predicted octanol–water partition coefficient (Wildman–Crippen LogP) is 3.01. The molecule has 2 fully saturated rings. The topological polar surface area (TPSA) is 110 Å². The molecule has 4 aliphatic heterocycles. The number of nitrogens with zero attached hydrogens (tertiary/aromatic N) is 2. The van der Waals surface area contributed by atoms with E-state index in [0.29, 0.717) is 12.8 Å². The molecule has 51 heavy (non-hydrogen) atoms. The number of ether oxygens (including phenoxy) is 2. The molecule has 3 N–H and O–H groups in total. The average molecular weight is 691 g/mol. The van der Waals surface area contributed by atoms with Crippen LogP contribution in [0.3, 0.4) is 0 Å². The van der Waals surface area contributed by atoms with E-state index in [2.05, 4.69) is 72.3 Å². The van der Waals surface area contributed by atoms with E-state index in [4.69, 9.17) is 14.5 Å². The SMILES string of the molecule is CC=C1CN2CCc3c([nH]c4ccccc34)C2CC1C(CC1=c2c([n-]c3ccccc23)=C2CC(C(CO)C(=O)OC)C(CC)C[NH+]2C1)C(=O)OC. The maximum atomic E-state index is 14.1. The predicted molar refractivity (Wildman–Crippen MR) is 197 cm³/mol. The number of methoxy groups -OCH3 is 2. The number of H-pyrrole nitrogens is 1. The van der Waals surface area contributed by atoms with Gasteiger partial charge in [0.05, 0.1) is 50.9 Å². The summed E-state index contributed by atoms with van der Waals surface area (Å²) in [5.74, 6) is -1.18. The number of allylic oxidation sites excluding steroid dienone is 1. The van der Waals surface area contributed by atoms with Gasteiger partial charge in [0.1, 0.15) is 6.54 Å². The van der Waals surface area contributed by atoms with Gasteiger partial charge in [0.2, 0.25) is 0 Å². The summed E-state index contributed by atoms with van der Waals surface area (Å²) in [5, 5.41) is 14.9. The van der Waals surface area contributed by atoms with Crippen molar-refractivity contribution in [2.45, 2.75) is 52.0 Å². The fourth-order valence-electron chi connectivity index (χ4n) is 10.3. The van der Waals surface area contributed by atoms with Crippen LogP contribution in [-0.4, -0.2) is 73.9 Å². The minimum absolute atomic E-state index is 0.0318. The first-order chi connectivity index (χ1) is 24.9. The molecule has 268 valence electrons. The largest absolute Gasteiger partial charge is 0.652 e. The number of esters is 2. The van der Waals surface area contributed by atoms with Crippen molar-refractivity contribution >= 4 is 45.0 Å². The van der Waals surface area contributed by atoms with Crippen LogP contribution in [0, 0.1) is 29.6 Å². The highest BCUT2D eigenvalue weighted by molar-refractivity contribution is 5.86. The number of carbonyl (C=O) groups excluding carboxylic acids is 2. The molecular formula is C42H50N4O5. The molecule has 4 aliphatic rings. The van der Waals surface area contributed by atoms with Crippen molar-refractivity contribution in [3.8, 4) is 0 Å². The van der Waals surface area contributed by atoms with Gasteiger partial charge in [-0.3, -0.25) is 14.5 Å². The van der Waals surface area contributed by atoms with E-state index in [1.165, 1.54) is 58.1 Å². The van der Waals surface area contributed by atoms with Crippen LogP contribution in [0.2, 0.25) is 0 Å². The van der Waals surface area contributed by atoms with Crippen LogP contribution in [0.15, 0.2) is 60.2 Å². The molecule has 9 nitrogen and oxygen atoms in total. The van der Waals surface area contributed by atoms with Crippen LogP contribution in [-0.2, 0) is 25.5 Å². The van der Waals surface area contributed by atoms with Crippen LogP contribution >= 0.6 is 0 Å². The number of aromatic nitrogens is 2. The lowest BCUT2D eigenvalue weighted by Gasteiger charge is -2.45. The minimum atomic E-state index is -0.571. The Balaban J connectivity index is 1.23. The van der Waals surface area contributed by atoms with Gasteiger partial charge in [0.25, 0.3) is 0 Å². The molecule has 7 unspecified atom stereocenters. The average Bonchev–Trinajstić information content (AvgIpc) is 3.75. The lowest BCUT2D eigenvalue weighted by Crippen LogP contribution is -3.13. The van der Waals surface area contributed by atoms with Gasteiger partial charge < -0.3 is 29.4 Å². The summed E-state index contributed by atoms with van der Waals surface area (Å²) in [6.45, 7) is 7.51. The first-order valence-corrected chi connectivity index (χ1v) is 18.8. The summed E-state index contributed by atoms with van der Waals surface area (Å²) in [4.78, 5) is 39.9. The lowest BCUT2D eigenvalue weighted by atomic mass is 9.72. The van der Waals surface area contributed by atoms with Crippen molar-refractivity contribution < 1.29 is 29.1 Å². The number of para-hydroxylation sites is 2. The van der Waals surface area contributed by atoms with Gasteiger partial charge >= 0.3 is 11.9 Å². The number of fused-ring (bicyclic) bond motifs is 9. The Kier molecular flexibility index (Phi) is 9.15. The zero-order valence-electron chi connectivity index (χ0n) is 30.2. The second kappa shape index (κ2) is 13.7. The molecule has 0 saturated carbocycles. The van der Waals surface area contributed by atoms with Crippen molar-refractivity contribution in [3.05, 3.63) is 82.0 Å². The summed E-state index contributed by atoms with van der Waals surface area (Å²) in [6.07, 6.45) is 6.28. The molecule has 4 aromatic rings. The smallest absolute Gasteiger partial charge is 0.311 e. The van der Waals surface area contributed by atoms with Gasteiger partial charge in [-0.1, -0.05) is 66.4 Å². The second-order valence-corrected chi connectivity index (χ2v) is 15.1.